The Morgan fingerprint density at radius 1 is 1.17 bits per heavy atom. The van der Waals surface area contributed by atoms with Gasteiger partial charge in [0.1, 0.15) is 0 Å². The van der Waals surface area contributed by atoms with Crippen LogP contribution in [0.5, 0.6) is 0 Å². The van der Waals surface area contributed by atoms with Gasteiger partial charge in [0.15, 0.2) is 0 Å². The molecule has 23 heavy (non-hydrogen) atoms. The molecule has 1 unspecified atom stereocenters. The maximum Gasteiger partial charge on any atom is 0.326 e. The van der Waals surface area contributed by atoms with Crippen molar-refractivity contribution < 1.29 is 4.79 Å². The van der Waals surface area contributed by atoms with Gasteiger partial charge in [-0.3, -0.25) is 4.90 Å². The van der Waals surface area contributed by atoms with Crippen molar-refractivity contribution in [1.29, 1.82) is 0 Å². The van der Waals surface area contributed by atoms with Crippen LogP contribution in [0.25, 0.3) is 0 Å². The topological polar surface area (TPSA) is 32.3 Å². The van der Waals surface area contributed by atoms with E-state index in [9.17, 15) is 4.79 Å². The van der Waals surface area contributed by atoms with Gasteiger partial charge in [0, 0.05) is 16.9 Å². The number of hydrogen-bond donors (Lipinski definition) is 1. The molecule has 0 aliphatic carbocycles. The molecular formula is C20H24N2O. The SMILES string of the molecule is Cc1ccc2c(c1)C(C)CC(C)(C)N2C(=O)Nc1ccccc1. The van der Waals surface area contributed by atoms with E-state index in [1.165, 1.54) is 11.1 Å². The number of carbonyl (C=O) groups is 1. The van der Waals surface area contributed by atoms with Crippen LogP contribution in [0.1, 0.15) is 44.2 Å². The molecule has 0 radical (unpaired) electrons. The lowest BCUT2D eigenvalue weighted by Crippen LogP contribution is -2.53. The highest BCUT2D eigenvalue weighted by Gasteiger charge is 2.39. The van der Waals surface area contributed by atoms with Crippen molar-refractivity contribution in [3.8, 4) is 0 Å². The summed E-state index contributed by atoms with van der Waals surface area (Å²) in [5.74, 6) is 0.445. The smallest absolute Gasteiger partial charge is 0.308 e. The second kappa shape index (κ2) is 5.73. The second-order valence-electron chi connectivity index (χ2n) is 7.11. The molecule has 3 nitrogen and oxygen atoms in total. The average molecular weight is 308 g/mol. The van der Waals surface area contributed by atoms with Crippen LogP contribution in [-0.2, 0) is 0 Å². The van der Waals surface area contributed by atoms with E-state index in [1.807, 2.05) is 35.2 Å². The van der Waals surface area contributed by atoms with E-state index < -0.39 is 0 Å². The lowest BCUT2D eigenvalue weighted by molar-refractivity contribution is 0.247. The first-order valence-electron chi connectivity index (χ1n) is 8.15. The van der Waals surface area contributed by atoms with Crippen molar-refractivity contribution in [3.63, 3.8) is 0 Å². The summed E-state index contributed by atoms with van der Waals surface area (Å²) in [5, 5.41) is 3.02. The lowest BCUT2D eigenvalue weighted by atomic mass is 9.80. The van der Waals surface area contributed by atoms with Crippen LogP contribution in [0.4, 0.5) is 16.2 Å². The summed E-state index contributed by atoms with van der Waals surface area (Å²) in [6, 6.07) is 15.9. The van der Waals surface area contributed by atoms with Crippen LogP contribution < -0.4 is 10.2 Å². The number of benzene rings is 2. The van der Waals surface area contributed by atoms with Crippen LogP contribution in [0.2, 0.25) is 0 Å². The van der Waals surface area contributed by atoms with Gasteiger partial charge >= 0.3 is 6.03 Å². The minimum Gasteiger partial charge on any atom is -0.308 e. The minimum atomic E-state index is -0.222. The Hall–Kier alpha value is -2.29. The molecule has 0 saturated carbocycles. The van der Waals surface area contributed by atoms with E-state index in [-0.39, 0.29) is 11.6 Å². The first kappa shape index (κ1) is 15.6. The number of rotatable bonds is 1. The molecule has 1 heterocycles. The molecule has 2 aromatic carbocycles. The fraction of sp³-hybridized carbons (Fsp3) is 0.350. The molecule has 0 aromatic heterocycles. The van der Waals surface area contributed by atoms with Crippen molar-refractivity contribution in [2.75, 3.05) is 10.2 Å². The summed E-state index contributed by atoms with van der Waals surface area (Å²) in [6.45, 7) is 8.61. The monoisotopic (exact) mass is 308 g/mol. The van der Waals surface area contributed by atoms with Crippen LogP contribution in [0.15, 0.2) is 48.5 Å². The maximum absolute atomic E-state index is 13.0. The lowest BCUT2D eigenvalue weighted by Gasteiger charge is -2.45. The first-order chi connectivity index (χ1) is 10.9. The zero-order chi connectivity index (χ0) is 16.6. The molecule has 0 bridgehead atoms. The molecule has 0 fully saturated rings. The number of carbonyl (C=O) groups excluding carboxylic acids is 1. The quantitative estimate of drug-likeness (QED) is 0.759. The molecule has 3 heteroatoms. The third-order valence-electron chi connectivity index (χ3n) is 4.59. The number of hydrogen-bond acceptors (Lipinski definition) is 1. The molecule has 3 rings (SSSR count). The highest BCUT2D eigenvalue weighted by atomic mass is 16.2. The van der Waals surface area contributed by atoms with Gasteiger partial charge in [-0.25, -0.2) is 4.79 Å². The molecule has 0 saturated heterocycles. The van der Waals surface area contributed by atoms with Gasteiger partial charge in [0.2, 0.25) is 0 Å². The number of nitrogens with one attached hydrogen (secondary N) is 1. The number of urea groups is 1. The average Bonchev–Trinajstić information content (AvgIpc) is 2.48. The largest absolute Gasteiger partial charge is 0.326 e. The van der Waals surface area contributed by atoms with Crippen molar-refractivity contribution in [3.05, 3.63) is 59.7 Å². The number of fused-ring (bicyclic) bond motifs is 1. The normalized spacial score (nSPS) is 19.1. The molecule has 1 aliphatic rings. The Morgan fingerprint density at radius 2 is 1.87 bits per heavy atom. The van der Waals surface area contributed by atoms with Crippen LogP contribution >= 0.6 is 0 Å². The summed E-state index contributed by atoms with van der Waals surface area (Å²) in [6.07, 6.45) is 0.950. The summed E-state index contributed by atoms with van der Waals surface area (Å²) in [7, 11) is 0. The van der Waals surface area contributed by atoms with Crippen molar-refractivity contribution >= 4 is 17.4 Å². The third kappa shape index (κ3) is 2.96. The fourth-order valence-electron chi connectivity index (χ4n) is 3.63. The highest BCUT2D eigenvalue weighted by Crippen LogP contribution is 2.43. The number of nitrogens with zero attached hydrogens (tertiary/aromatic N) is 1. The van der Waals surface area contributed by atoms with Gasteiger partial charge in [-0.05, 0) is 56.9 Å². The van der Waals surface area contributed by atoms with E-state index in [0.29, 0.717) is 5.92 Å². The van der Waals surface area contributed by atoms with E-state index in [0.717, 1.165) is 17.8 Å². The summed E-state index contributed by atoms with van der Waals surface area (Å²) in [4.78, 5) is 14.9. The van der Waals surface area contributed by atoms with Gasteiger partial charge in [-0.1, -0.05) is 42.8 Å². The summed E-state index contributed by atoms with van der Waals surface area (Å²) >= 11 is 0. The van der Waals surface area contributed by atoms with E-state index in [4.69, 9.17) is 0 Å². The molecule has 2 aromatic rings. The van der Waals surface area contributed by atoms with Crippen LogP contribution in [-0.4, -0.2) is 11.6 Å². The molecule has 1 aliphatic heterocycles. The van der Waals surface area contributed by atoms with Crippen molar-refractivity contribution in [1.82, 2.24) is 0 Å². The number of anilines is 2. The Bertz CT molecular complexity index is 722. The Morgan fingerprint density at radius 3 is 2.57 bits per heavy atom. The van der Waals surface area contributed by atoms with Crippen molar-refractivity contribution in [2.24, 2.45) is 0 Å². The van der Waals surface area contributed by atoms with Gasteiger partial charge in [0.25, 0.3) is 0 Å². The Kier molecular flexibility index (Phi) is 3.88. The molecule has 0 spiro atoms. The predicted molar refractivity (Wildman–Crippen MR) is 96.2 cm³/mol. The summed E-state index contributed by atoms with van der Waals surface area (Å²) < 4.78 is 0. The Balaban J connectivity index is 1.99. The van der Waals surface area contributed by atoms with Gasteiger partial charge in [-0.2, -0.15) is 0 Å². The number of para-hydroxylation sites is 1. The standard InChI is InChI=1S/C20H24N2O/c1-14-10-11-18-17(12-14)15(2)13-20(3,4)22(18)19(23)21-16-8-6-5-7-9-16/h5-12,15H,13H2,1-4H3,(H,21,23). The van der Waals surface area contributed by atoms with Gasteiger partial charge in [-0.15, -0.1) is 0 Å². The first-order valence-corrected chi connectivity index (χ1v) is 8.15. The summed E-state index contributed by atoms with van der Waals surface area (Å²) in [5.41, 5.74) is 4.11. The molecule has 1 N–H and O–H groups in total. The van der Waals surface area contributed by atoms with E-state index in [2.05, 4.69) is 51.2 Å². The Labute approximate surface area is 138 Å². The number of amides is 2. The van der Waals surface area contributed by atoms with Crippen LogP contribution in [0, 0.1) is 6.92 Å². The van der Waals surface area contributed by atoms with E-state index in [1.54, 1.807) is 0 Å². The molecule has 2 amide bonds. The minimum absolute atomic E-state index is 0.0711. The van der Waals surface area contributed by atoms with Gasteiger partial charge < -0.3 is 5.32 Å². The zero-order valence-electron chi connectivity index (χ0n) is 14.3. The molecule has 120 valence electrons. The van der Waals surface area contributed by atoms with E-state index >= 15 is 0 Å². The highest BCUT2D eigenvalue weighted by molar-refractivity contribution is 6.03. The van der Waals surface area contributed by atoms with Gasteiger partial charge in [0.05, 0.1) is 0 Å². The molecular weight excluding hydrogens is 284 g/mol. The predicted octanol–water partition coefficient (Wildman–Crippen LogP) is 5.32. The molecule has 1 atom stereocenters. The fourth-order valence-corrected chi connectivity index (χ4v) is 3.63. The maximum atomic E-state index is 13.0. The zero-order valence-corrected chi connectivity index (χ0v) is 14.3. The van der Waals surface area contributed by atoms with Crippen LogP contribution in [0.3, 0.4) is 0 Å². The van der Waals surface area contributed by atoms with Crippen molar-refractivity contribution in [2.45, 2.75) is 45.6 Å². The number of aryl methyl sites for hydroxylation is 1. The second-order valence-corrected chi connectivity index (χ2v) is 7.11. The third-order valence-corrected chi connectivity index (χ3v) is 4.59.